The molecule has 0 aromatic heterocycles. The summed E-state index contributed by atoms with van der Waals surface area (Å²) in [6, 6.07) is 7.65. The summed E-state index contributed by atoms with van der Waals surface area (Å²) in [5.74, 6) is -0.274. The number of benzene rings is 2. The first-order valence-electron chi connectivity index (χ1n) is 4.34. The summed E-state index contributed by atoms with van der Waals surface area (Å²) in [5, 5.41) is 15.6. The topological polar surface area (TPSA) is 80.4 Å². The lowest BCUT2D eigenvalue weighted by molar-refractivity contribution is 0.481. The van der Waals surface area contributed by atoms with Crippen molar-refractivity contribution in [2.45, 2.75) is 4.90 Å². The van der Waals surface area contributed by atoms with Gasteiger partial charge in [0.15, 0.2) is 0 Å². The van der Waals surface area contributed by atoms with E-state index >= 15 is 0 Å². The van der Waals surface area contributed by atoms with Gasteiger partial charge in [-0.15, -0.1) is 0 Å². The molecule has 0 saturated carbocycles. The van der Waals surface area contributed by atoms with Gasteiger partial charge in [0.05, 0.1) is 9.92 Å². The summed E-state index contributed by atoms with van der Waals surface area (Å²) in [4.78, 5) is -0.134. The monoisotopic (exact) mass is 257 g/mol. The van der Waals surface area contributed by atoms with E-state index in [-0.39, 0.29) is 21.1 Å². The highest BCUT2D eigenvalue weighted by Gasteiger charge is 2.16. The van der Waals surface area contributed by atoms with Gasteiger partial charge in [0, 0.05) is 5.39 Å². The van der Waals surface area contributed by atoms with E-state index in [1.807, 2.05) is 0 Å². The van der Waals surface area contributed by atoms with Gasteiger partial charge in [-0.25, -0.2) is 13.6 Å². The molecule has 4 nitrogen and oxygen atoms in total. The van der Waals surface area contributed by atoms with Crippen LogP contribution in [0.3, 0.4) is 0 Å². The maximum Gasteiger partial charge on any atom is 0.238 e. The molecule has 0 atom stereocenters. The van der Waals surface area contributed by atoms with Gasteiger partial charge in [-0.2, -0.15) is 0 Å². The number of hydrogen-bond acceptors (Lipinski definition) is 3. The SMILES string of the molecule is NS(=O)(=O)c1cccc2ccc(Cl)c(O)c12. The Bertz CT molecular complexity index is 667. The molecule has 0 radical (unpaired) electrons. The Morgan fingerprint density at radius 3 is 2.50 bits per heavy atom. The fraction of sp³-hybridized carbons (Fsp3) is 0. The van der Waals surface area contributed by atoms with Crippen LogP contribution in [0.4, 0.5) is 0 Å². The lowest BCUT2D eigenvalue weighted by Crippen LogP contribution is -2.12. The van der Waals surface area contributed by atoms with Crippen molar-refractivity contribution in [3.05, 3.63) is 35.4 Å². The van der Waals surface area contributed by atoms with Crippen LogP contribution >= 0.6 is 11.6 Å². The summed E-state index contributed by atoms with van der Waals surface area (Å²) in [7, 11) is -3.89. The number of phenolic OH excluding ortho intramolecular Hbond substituents is 1. The molecule has 84 valence electrons. The van der Waals surface area contributed by atoms with E-state index in [0.717, 1.165) is 0 Å². The molecule has 0 amide bonds. The van der Waals surface area contributed by atoms with Crippen molar-refractivity contribution >= 4 is 32.4 Å². The van der Waals surface area contributed by atoms with Crippen molar-refractivity contribution < 1.29 is 13.5 Å². The molecule has 0 aliphatic carbocycles. The molecule has 6 heteroatoms. The van der Waals surface area contributed by atoms with Crippen LogP contribution < -0.4 is 5.14 Å². The van der Waals surface area contributed by atoms with Gasteiger partial charge in [0.1, 0.15) is 5.75 Å². The molecular formula is C10H8ClNO3S. The highest BCUT2D eigenvalue weighted by atomic mass is 35.5. The maximum atomic E-state index is 11.3. The van der Waals surface area contributed by atoms with Crippen LogP contribution in [0.25, 0.3) is 10.8 Å². The zero-order chi connectivity index (χ0) is 11.9. The first kappa shape index (κ1) is 11.2. The van der Waals surface area contributed by atoms with E-state index in [9.17, 15) is 13.5 Å². The molecule has 2 rings (SSSR count). The number of sulfonamides is 1. The number of fused-ring (bicyclic) bond motifs is 1. The van der Waals surface area contributed by atoms with Crippen molar-refractivity contribution in [3.8, 4) is 5.75 Å². The quantitative estimate of drug-likeness (QED) is 0.818. The molecule has 0 saturated heterocycles. The van der Waals surface area contributed by atoms with Gasteiger partial charge in [-0.05, 0) is 17.5 Å². The van der Waals surface area contributed by atoms with Gasteiger partial charge in [-0.3, -0.25) is 0 Å². The molecular weight excluding hydrogens is 250 g/mol. The summed E-state index contributed by atoms with van der Waals surface area (Å²) in [5.41, 5.74) is 0. The summed E-state index contributed by atoms with van der Waals surface area (Å²) >= 11 is 5.72. The largest absolute Gasteiger partial charge is 0.506 e. The van der Waals surface area contributed by atoms with E-state index in [2.05, 4.69) is 0 Å². The second-order valence-corrected chi connectivity index (χ2v) is 5.23. The molecule has 0 fully saturated rings. The van der Waals surface area contributed by atoms with E-state index in [1.54, 1.807) is 18.2 Å². The zero-order valence-electron chi connectivity index (χ0n) is 8.01. The second-order valence-electron chi connectivity index (χ2n) is 3.30. The molecule has 0 unspecified atom stereocenters. The maximum absolute atomic E-state index is 11.3. The minimum Gasteiger partial charge on any atom is -0.506 e. The van der Waals surface area contributed by atoms with Crippen LogP contribution in [0.2, 0.25) is 5.02 Å². The first-order valence-corrected chi connectivity index (χ1v) is 6.26. The van der Waals surface area contributed by atoms with Gasteiger partial charge >= 0.3 is 0 Å². The third kappa shape index (κ3) is 1.73. The molecule has 2 aromatic rings. The molecule has 16 heavy (non-hydrogen) atoms. The predicted molar refractivity (Wildman–Crippen MR) is 62.0 cm³/mol. The van der Waals surface area contributed by atoms with Crippen LogP contribution in [0.5, 0.6) is 5.75 Å². The molecule has 0 aliphatic heterocycles. The van der Waals surface area contributed by atoms with E-state index < -0.39 is 10.0 Å². The van der Waals surface area contributed by atoms with Crippen LogP contribution in [-0.2, 0) is 10.0 Å². The normalized spacial score (nSPS) is 11.9. The van der Waals surface area contributed by atoms with Crippen molar-refractivity contribution in [2.24, 2.45) is 5.14 Å². The molecule has 3 N–H and O–H groups in total. The van der Waals surface area contributed by atoms with Crippen molar-refractivity contribution in [1.82, 2.24) is 0 Å². The number of halogens is 1. The number of phenols is 1. The Balaban J connectivity index is 3.02. The van der Waals surface area contributed by atoms with E-state index in [4.69, 9.17) is 16.7 Å². The highest BCUT2D eigenvalue weighted by molar-refractivity contribution is 7.89. The van der Waals surface area contributed by atoms with Gasteiger partial charge < -0.3 is 5.11 Å². The first-order chi connectivity index (χ1) is 7.41. The molecule has 0 aliphatic rings. The van der Waals surface area contributed by atoms with Crippen LogP contribution in [-0.4, -0.2) is 13.5 Å². The number of rotatable bonds is 1. The minimum absolute atomic E-state index is 0.0867. The lowest BCUT2D eigenvalue weighted by atomic mass is 10.1. The van der Waals surface area contributed by atoms with Crippen molar-refractivity contribution in [3.63, 3.8) is 0 Å². The fourth-order valence-electron chi connectivity index (χ4n) is 1.54. The van der Waals surface area contributed by atoms with E-state index in [1.165, 1.54) is 12.1 Å². The lowest BCUT2D eigenvalue weighted by Gasteiger charge is -2.07. The van der Waals surface area contributed by atoms with Crippen molar-refractivity contribution in [2.75, 3.05) is 0 Å². The fourth-order valence-corrected chi connectivity index (χ4v) is 2.46. The molecule has 2 aromatic carbocycles. The van der Waals surface area contributed by atoms with Gasteiger partial charge in [0.2, 0.25) is 10.0 Å². The minimum atomic E-state index is -3.89. The number of primary sulfonamides is 1. The summed E-state index contributed by atoms with van der Waals surface area (Å²) < 4.78 is 22.7. The van der Waals surface area contributed by atoms with Crippen molar-refractivity contribution in [1.29, 1.82) is 0 Å². The number of nitrogens with two attached hydrogens (primary N) is 1. The van der Waals surface area contributed by atoms with Gasteiger partial charge in [-0.1, -0.05) is 29.8 Å². The summed E-state index contributed by atoms with van der Waals surface area (Å²) in [6.07, 6.45) is 0. The van der Waals surface area contributed by atoms with Gasteiger partial charge in [0.25, 0.3) is 0 Å². The average molecular weight is 258 g/mol. The second kappa shape index (κ2) is 3.62. The number of aromatic hydroxyl groups is 1. The van der Waals surface area contributed by atoms with Crippen LogP contribution in [0.15, 0.2) is 35.2 Å². The molecule has 0 heterocycles. The Labute approximate surface area is 97.3 Å². The average Bonchev–Trinajstić information content (AvgIpc) is 2.21. The van der Waals surface area contributed by atoms with Crippen LogP contribution in [0.1, 0.15) is 0 Å². The standard InChI is InChI=1S/C10H8ClNO3S/c11-7-5-4-6-2-1-3-8(16(12,14)15)9(6)10(7)13/h1-5,13H,(H2,12,14,15). The van der Waals surface area contributed by atoms with E-state index in [0.29, 0.717) is 5.39 Å². The summed E-state index contributed by atoms with van der Waals surface area (Å²) in [6.45, 7) is 0. The zero-order valence-corrected chi connectivity index (χ0v) is 9.59. The molecule has 0 spiro atoms. The Morgan fingerprint density at radius 1 is 1.19 bits per heavy atom. The smallest absolute Gasteiger partial charge is 0.238 e. The molecule has 0 bridgehead atoms. The third-order valence-corrected chi connectivity index (χ3v) is 3.50. The Kier molecular flexibility index (Phi) is 2.53. The van der Waals surface area contributed by atoms with Crippen LogP contribution in [0, 0.1) is 0 Å². The Hall–Kier alpha value is -1.30. The highest BCUT2D eigenvalue weighted by Crippen LogP contribution is 2.35. The third-order valence-electron chi connectivity index (χ3n) is 2.24. The predicted octanol–water partition coefficient (Wildman–Crippen LogP) is 1.85. The number of hydrogen-bond donors (Lipinski definition) is 2. The Morgan fingerprint density at radius 2 is 1.88 bits per heavy atom.